The number of rotatable bonds is 8. The normalized spacial score (nSPS) is 11.7. The highest BCUT2D eigenvalue weighted by Crippen LogP contribution is 2.14. The number of furan rings is 2. The molecule has 21 heavy (non-hydrogen) atoms. The van der Waals surface area contributed by atoms with Crippen molar-refractivity contribution in [3.05, 3.63) is 47.3 Å². The van der Waals surface area contributed by atoms with Gasteiger partial charge in [0.2, 0.25) is 0 Å². The Morgan fingerprint density at radius 1 is 0.714 bits per heavy atom. The number of ether oxygens (including phenoxy) is 1. The van der Waals surface area contributed by atoms with Gasteiger partial charge in [0.05, 0.1) is 13.1 Å². The summed E-state index contributed by atoms with van der Waals surface area (Å²) < 4.78 is 17.0. The highest BCUT2D eigenvalue weighted by atomic mass is 16.5. The van der Waals surface area contributed by atoms with Gasteiger partial charge >= 0.3 is 0 Å². The third-order valence-electron chi connectivity index (χ3n) is 2.87. The molecular weight excluding hydrogens is 268 g/mol. The number of hydrogen-bond donors (Lipinski definition) is 0. The van der Waals surface area contributed by atoms with Gasteiger partial charge in [0.1, 0.15) is 36.3 Å². The van der Waals surface area contributed by atoms with E-state index < -0.39 is 0 Å². The molecule has 0 atom stereocenters. The quantitative estimate of drug-likeness (QED) is 0.748. The van der Waals surface area contributed by atoms with Gasteiger partial charge in [0.15, 0.2) is 0 Å². The van der Waals surface area contributed by atoms with Gasteiger partial charge in [0.25, 0.3) is 0 Å². The van der Waals surface area contributed by atoms with E-state index in [1.807, 2.05) is 52.5 Å². The van der Waals surface area contributed by atoms with Gasteiger partial charge < -0.3 is 23.4 Å². The largest absolute Gasteiger partial charge is 0.462 e. The summed E-state index contributed by atoms with van der Waals surface area (Å²) in [6.45, 7) is 2.51. The molecule has 116 valence electrons. The first-order valence-corrected chi connectivity index (χ1v) is 7.05. The second-order valence-electron chi connectivity index (χ2n) is 5.70. The monoisotopic (exact) mass is 292 g/mol. The maximum atomic E-state index is 5.69. The van der Waals surface area contributed by atoms with Gasteiger partial charge in [0, 0.05) is 0 Å². The van der Waals surface area contributed by atoms with Crippen molar-refractivity contribution in [2.75, 3.05) is 28.2 Å². The molecule has 0 aliphatic rings. The first-order valence-electron chi connectivity index (χ1n) is 7.05. The molecule has 2 rings (SSSR count). The summed E-state index contributed by atoms with van der Waals surface area (Å²) in [7, 11) is 8.06. The van der Waals surface area contributed by atoms with Crippen LogP contribution in [0.1, 0.15) is 23.0 Å². The first kappa shape index (κ1) is 15.8. The standard InChI is InChI=1S/C16H24N2O3/c1-17(2)9-13-5-7-15(20-13)11-19-12-16-8-6-14(21-16)10-18(3)4/h5-8H,9-12H2,1-4H3. The summed E-state index contributed by atoms with van der Waals surface area (Å²) in [5.74, 6) is 3.58. The van der Waals surface area contributed by atoms with Gasteiger partial charge in [-0.25, -0.2) is 0 Å². The Hall–Kier alpha value is -1.56. The fraction of sp³-hybridized carbons (Fsp3) is 0.500. The molecule has 0 bridgehead atoms. The Kier molecular flexibility index (Phi) is 5.61. The molecule has 0 N–H and O–H groups in total. The molecule has 2 heterocycles. The Balaban J connectivity index is 1.76. The predicted molar refractivity (Wildman–Crippen MR) is 80.7 cm³/mol. The zero-order valence-corrected chi connectivity index (χ0v) is 13.3. The summed E-state index contributed by atoms with van der Waals surface area (Å²) in [6.07, 6.45) is 0. The average Bonchev–Trinajstić information content (AvgIpc) is 2.98. The maximum absolute atomic E-state index is 5.69. The van der Waals surface area contributed by atoms with Crippen LogP contribution >= 0.6 is 0 Å². The first-order chi connectivity index (χ1) is 10.0. The molecule has 0 radical (unpaired) electrons. The zero-order valence-electron chi connectivity index (χ0n) is 13.3. The van der Waals surface area contributed by atoms with Gasteiger partial charge in [-0.1, -0.05) is 0 Å². The van der Waals surface area contributed by atoms with Crippen LogP contribution in [0.25, 0.3) is 0 Å². The minimum Gasteiger partial charge on any atom is -0.462 e. The summed E-state index contributed by atoms with van der Waals surface area (Å²) in [5.41, 5.74) is 0. The second-order valence-corrected chi connectivity index (χ2v) is 5.70. The summed E-state index contributed by atoms with van der Waals surface area (Å²) in [4.78, 5) is 4.14. The third kappa shape index (κ3) is 5.38. The Morgan fingerprint density at radius 2 is 1.10 bits per heavy atom. The van der Waals surface area contributed by atoms with Crippen molar-refractivity contribution in [2.24, 2.45) is 0 Å². The lowest BCUT2D eigenvalue weighted by Crippen LogP contribution is -2.09. The maximum Gasteiger partial charge on any atom is 0.129 e. The molecule has 5 heteroatoms. The van der Waals surface area contributed by atoms with Crippen molar-refractivity contribution in [3.8, 4) is 0 Å². The molecule has 0 aliphatic carbocycles. The molecule has 0 saturated carbocycles. The lowest BCUT2D eigenvalue weighted by molar-refractivity contribution is 0.0779. The van der Waals surface area contributed by atoms with Crippen LogP contribution in [0.2, 0.25) is 0 Å². The second kappa shape index (κ2) is 7.45. The van der Waals surface area contributed by atoms with Crippen molar-refractivity contribution in [1.29, 1.82) is 0 Å². The van der Waals surface area contributed by atoms with Crippen molar-refractivity contribution in [3.63, 3.8) is 0 Å². The van der Waals surface area contributed by atoms with E-state index in [1.165, 1.54) is 0 Å². The van der Waals surface area contributed by atoms with Crippen LogP contribution in [-0.4, -0.2) is 38.0 Å². The summed E-state index contributed by atoms with van der Waals surface area (Å²) >= 11 is 0. The Labute approximate surface area is 126 Å². The number of hydrogen-bond acceptors (Lipinski definition) is 5. The lowest BCUT2D eigenvalue weighted by atomic mass is 10.4. The van der Waals surface area contributed by atoms with E-state index in [2.05, 4.69) is 9.80 Å². The molecule has 0 spiro atoms. The topological polar surface area (TPSA) is 42.0 Å². The van der Waals surface area contributed by atoms with E-state index in [-0.39, 0.29) is 0 Å². The summed E-state index contributed by atoms with van der Waals surface area (Å²) in [6, 6.07) is 7.89. The van der Waals surface area contributed by atoms with Crippen LogP contribution in [0.15, 0.2) is 33.1 Å². The third-order valence-corrected chi connectivity index (χ3v) is 2.87. The Morgan fingerprint density at radius 3 is 1.48 bits per heavy atom. The van der Waals surface area contributed by atoms with Crippen LogP contribution in [0.3, 0.4) is 0 Å². The van der Waals surface area contributed by atoms with E-state index >= 15 is 0 Å². The van der Waals surface area contributed by atoms with Gasteiger partial charge in [-0.2, -0.15) is 0 Å². The fourth-order valence-electron chi connectivity index (χ4n) is 2.05. The van der Waals surface area contributed by atoms with E-state index in [9.17, 15) is 0 Å². The smallest absolute Gasteiger partial charge is 0.129 e. The van der Waals surface area contributed by atoms with Crippen LogP contribution in [0.5, 0.6) is 0 Å². The van der Waals surface area contributed by atoms with Gasteiger partial charge in [-0.05, 0) is 52.5 Å². The van der Waals surface area contributed by atoms with Gasteiger partial charge in [-0.3, -0.25) is 0 Å². The zero-order chi connectivity index (χ0) is 15.2. The molecule has 5 nitrogen and oxygen atoms in total. The van der Waals surface area contributed by atoms with Crippen molar-refractivity contribution in [1.82, 2.24) is 9.80 Å². The molecule has 0 aliphatic heterocycles. The van der Waals surface area contributed by atoms with Crippen molar-refractivity contribution >= 4 is 0 Å². The van der Waals surface area contributed by atoms with Gasteiger partial charge in [-0.15, -0.1) is 0 Å². The minimum absolute atomic E-state index is 0.455. The van der Waals surface area contributed by atoms with Crippen LogP contribution in [0, 0.1) is 0 Å². The van der Waals surface area contributed by atoms with Crippen molar-refractivity contribution in [2.45, 2.75) is 26.3 Å². The van der Waals surface area contributed by atoms with E-state index in [1.54, 1.807) is 0 Å². The molecule has 0 fully saturated rings. The van der Waals surface area contributed by atoms with E-state index in [0.717, 1.165) is 36.1 Å². The molecule has 0 amide bonds. The molecule has 2 aromatic rings. The fourth-order valence-corrected chi connectivity index (χ4v) is 2.05. The molecule has 2 aromatic heterocycles. The van der Waals surface area contributed by atoms with Crippen LogP contribution in [0.4, 0.5) is 0 Å². The SMILES string of the molecule is CN(C)Cc1ccc(COCc2ccc(CN(C)C)o2)o1. The molecule has 0 aromatic carbocycles. The number of nitrogens with zero attached hydrogens (tertiary/aromatic N) is 2. The Bertz CT molecular complexity index is 495. The molecular formula is C16H24N2O3. The lowest BCUT2D eigenvalue weighted by Gasteiger charge is -2.06. The van der Waals surface area contributed by atoms with E-state index in [4.69, 9.17) is 13.6 Å². The van der Waals surface area contributed by atoms with Crippen molar-refractivity contribution < 1.29 is 13.6 Å². The highest BCUT2D eigenvalue weighted by molar-refractivity contribution is 5.07. The van der Waals surface area contributed by atoms with Crippen LogP contribution < -0.4 is 0 Å². The average molecular weight is 292 g/mol. The molecule has 0 unspecified atom stereocenters. The molecule has 0 saturated heterocycles. The highest BCUT2D eigenvalue weighted by Gasteiger charge is 2.06. The van der Waals surface area contributed by atoms with E-state index in [0.29, 0.717) is 13.2 Å². The predicted octanol–water partition coefficient (Wildman–Crippen LogP) is 2.71. The minimum atomic E-state index is 0.455. The van der Waals surface area contributed by atoms with Crippen LogP contribution in [-0.2, 0) is 31.0 Å². The summed E-state index contributed by atoms with van der Waals surface area (Å²) in [5, 5.41) is 0.